The molecule has 0 atom stereocenters. The Hall–Kier alpha value is -4.05. The van der Waals surface area contributed by atoms with Crippen molar-refractivity contribution in [1.29, 1.82) is 0 Å². The molecule has 4 aromatic rings. The molecule has 0 fully saturated rings. The highest BCUT2D eigenvalue weighted by molar-refractivity contribution is 7.93. The lowest BCUT2D eigenvalue weighted by Gasteiger charge is -2.11. The minimum atomic E-state index is -3.44. The highest BCUT2D eigenvalue weighted by Gasteiger charge is 2.16. The van der Waals surface area contributed by atoms with Crippen molar-refractivity contribution in [1.82, 2.24) is 20.2 Å². The Kier molecular flexibility index (Phi) is 6.18. The molecular formula is C23H22N6O3S. The average molecular weight is 463 g/mol. The minimum absolute atomic E-state index is 0.310. The second-order valence-corrected chi connectivity index (χ2v) is 9.79. The predicted molar refractivity (Wildman–Crippen MR) is 127 cm³/mol. The van der Waals surface area contributed by atoms with E-state index < -0.39 is 15.3 Å². The third-order valence-corrected chi connectivity index (χ3v) is 6.66. The highest BCUT2D eigenvalue weighted by Crippen LogP contribution is 2.22. The molecular weight excluding hydrogens is 440 g/mol. The first-order valence-corrected chi connectivity index (χ1v) is 11.8. The Morgan fingerprint density at radius 3 is 2.15 bits per heavy atom. The summed E-state index contributed by atoms with van der Waals surface area (Å²) in [6, 6.07) is 23.0. The molecule has 33 heavy (non-hydrogen) atoms. The van der Waals surface area contributed by atoms with E-state index in [1.807, 2.05) is 42.5 Å². The fourth-order valence-corrected chi connectivity index (χ4v) is 3.69. The summed E-state index contributed by atoms with van der Waals surface area (Å²) in [6.45, 7) is 3.19. The maximum absolute atomic E-state index is 12.6. The number of carbonyl (C=O) groups is 1. The van der Waals surface area contributed by atoms with Crippen LogP contribution in [0.15, 0.2) is 78.9 Å². The number of carbonyl (C=O) groups excluding carboxylic acids is 1. The zero-order valence-corrected chi connectivity index (χ0v) is 18.8. The summed E-state index contributed by atoms with van der Waals surface area (Å²) in [4.78, 5) is 12.6. The van der Waals surface area contributed by atoms with Crippen molar-refractivity contribution in [3.63, 3.8) is 0 Å². The molecule has 3 aromatic carbocycles. The second kappa shape index (κ2) is 9.21. The monoisotopic (exact) mass is 462 g/mol. The van der Waals surface area contributed by atoms with E-state index in [2.05, 4.69) is 25.6 Å². The minimum Gasteiger partial charge on any atom is -0.322 e. The lowest BCUT2D eigenvalue weighted by atomic mass is 10.1. The Bertz CT molecular complexity index is 1350. The number of para-hydroxylation sites is 1. The summed E-state index contributed by atoms with van der Waals surface area (Å²) in [5.41, 5.74) is 3.05. The zero-order chi connectivity index (χ0) is 23.4. The maximum Gasteiger partial charge on any atom is 0.255 e. The van der Waals surface area contributed by atoms with Crippen LogP contribution in [0.25, 0.3) is 17.1 Å². The Labute approximate surface area is 191 Å². The Morgan fingerprint density at radius 2 is 1.52 bits per heavy atom. The first kappa shape index (κ1) is 22.2. The molecule has 0 saturated heterocycles. The van der Waals surface area contributed by atoms with Gasteiger partial charge in [0, 0.05) is 22.5 Å². The van der Waals surface area contributed by atoms with Crippen LogP contribution in [0.4, 0.5) is 11.4 Å². The predicted octanol–water partition coefficient (Wildman–Crippen LogP) is 3.73. The van der Waals surface area contributed by atoms with Crippen molar-refractivity contribution in [3.8, 4) is 17.1 Å². The average Bonchev–Trinajstić information content (AvgIpc) is 3.30. The Balaban J connectivity index is 1.45. The van der Waals surface area contributed by atoms with Gasteiger partial charge in [0.2, 0.25) is 10.0 Å². The van der Waals surface area contributed by atoms with Gasteiger partial charge >= 0.3 is 0 Å². The fraction of sp³-hybridized carbons (Fsp3) is 0.130. The molecule has 0 radical (unpaired) electrons. The van der Waals surface area contributed by atoms with Crippen molar-refractivity contribution in [3.05, 3.63) is 84.4 Å². The van der Waals surface area contributed by atoms with Crippen molar-refractivity contribution >= 4 is 27.3 Å². The van der Waals surface area contributed by atoms with Crippen LogP contribution in [0, 0.1) is 0 Å². The molecule has 1 heterocycles. The fourth-order valence-electron chi connectivity index (χ4n) is 2.99. The molecule has 1 amide bonds. The van der Waals surface area contributed by atoms with Crippen LogP contribution in [-0.2, 0) is 10.0 Å². The van der Waals surface area contributed by atoms with Crippen molar-refractivity contribution in [2.75, 3.05) is 10.0 Å². The van der Waals surface area contributed by atoms with Gasteiger partial charge in [-0.1, -0.05) is 18.2 Å². The lowest BCUT2D eigenvalue weighted by molar-refractivity contribution is 0.102. The standard InChI is InChI=1S/C23H22N6O3S/c1-16(2)33(31,32)26-20-14-10-18(11-15-20)23(30)24-19-12-8-17(9-13-19)22-25-27-28-29(22)21-6-4-3-5-7-21/h3-16,26H,1-2H3,(H,24,30). The summed E-state index contributed by atoms with van der Waals surface area (Å²) in [5.74, 6) is 0.272. The number of benzene rings is 3. The molecule has 0 aliphatic heterocycles. The van der Waals surface area contributed by atoms with E-state index >= 15 is 0 Å². The van der Waals surface area contributed by atoms with Crippen LogP contribution in [0.2, 0.25) is 0 Å². The molecule has 0 saturated carbocycles. The first-order chi connectivity index (χ1) is 15.8. The number of nitrogens with one attached hydrogen (secondary N) is 2. The Morgan fingerprint density at radius 1 is 0.879 bits per heavy atom. The van der Waals surface area contributed by atoms with Gasteiger partial charge in [-0.15, -0.1) is 5.10 Å². The molecule has 4 rings (SSSR count). The quantitative estimate of drug-likeness (QED) is 0.432. The van der Waals surface area contributed by atoms with Crippen LogP contribution < -0.4 is 10.0 Å². The third-order valence-electron chi connectivity index (χ3n) is 4.90. The molecule has 2 N–H and O–H groups in total. The van der Waals surface area contributed by atoms with E-state index in [-0.39, 0.29) is 5.91 Å². The van der Waals surface area contributed by atoms with Crippen molar-refractivity contribution < 1.29 is 13.2 Å². The van der Waals surface area contributed by atoms with Gasteiger partial charge in [-0.05, 0) is 84.9 Å². The van der Waals surface area contributed by atoms with Gasteiger partial charge in [0.25, 0.3) is 5.91 Å². The number of sulfonamides is 1. The number of rotatable bonds is 7. The number of hydrogen-bond acceptors (Lipinski definition) is 6. The zero-order valence-electron chi connectivity index (χ0n) is 18.0. The largest absolute Gasteiger partial charge is 0.322 e. The van der Waals surface area contributed by atoms with E-state index in [1.54, 1.807) is 54.9 Å². The highest BCUT2D eigenvalue weighted by atomic mass is 32.2. The second-order valence-electron chi connectivity index (χ2n) is 7.55. The summed E-state index contributed by atoms with van der Waals surface area (Å²) in [5, 5.41) is 14.2. The molecule has 10 heteroatoms. The van der Waals surface area contributed by atoms with Gasteiger partial charge in [-0.3, -0.25) is 9.52 Å². The SMILES string of the molecule is CC(C)S(=O)(=O)Nc1ccc(C(=O)Nc2ccc(-c3nnnn3-c3ccccc3)cc2)cc1. The summed E-state index contributed by atoms with van der Waals surface area (Å²) >= 11 is 0. The van der Waals surface area contributed by atoms with Crippen LogP contribution in [0.3, 0.4) is 0 Å². The molecule has 0 spiro atoms. The number of tetrazole rings is 1. The van der Waals surface area contributed by atoms with E-state index in [9.17, 15) is 13.2 Å². The molecule has 9 nitrogen and oxygen atoms in total. The molecule has 168 valence electrons. The van der Waals surface area contributed by atoms with Gasteiger partial charge in [0.05, 0.1) is 10.9 Å². The summed E-state index contributed by atoms with van der Waals surface area (Å²) in [7, 11) is -3.44. The van der Waals surface area contributed by atoms with Crippen LogP contribution >= 0.6 is 0 Å². The molecule has 0 aliphatic rings. The van der Waals surface area contributed by atoms with Gasteiger partial charge in [-0.25, -0.2) is 8.42 Å². The molecule has 0 unspecified atom stereocenters. The van der Waals surface area contributed by atoms with Crippen molar-refractivity contribution in [2.45, 2.75) is 19.1 Å². The smallest absolute Gasteiger partial charge is 0.255 e. The van der Waals surface area contributed by atoms with Crippen molar-refractivity contribution in [2.24, 2.45) is 0 Å². The topological polar surface area (TPSA) is 119 Å². The van der Waals surface area contributed by atoms with Crippen LogP contribution in [0.5, 0.6) is 0 Å². The number of aromatic nitrogens is 4. The number of nitrogens with zero attached hydrogens (tertiary/aromatic N) is 4. The lowest BCUT2D eigenvalue weighted by Crippen LogP contribution is -2.22. The van der Waals surface area contributed by atoms with Gasteiger partial charge in [-0.2, -0.15) is 4.68 Å². The van der Waals surface area contributed by atoms with E-state index in [4.69, 9.17) is 0 Å². The molecule has 1 aromatic heterocycles. The summed E-state index contributed by atoms with van der Waals surface area (Å²) < 4.78 is 28.1. The van der Waals surface area contributed by atoms with Crippen LogP contribution in [0.1, 0.15) is 24.2 Å². The van der Waals surface area contributed by atoms with Gasteiger partial charge < -0.3 is 5.32 Å². The van der Waals surface area contributed by atoms with Gasteiger partial charge in [0.1, 0.15) is 0 Å². The van der Waals surface area contributed by atoms with Gasteiger partial charge in [0.15, 0.2) is 5.82 Å². The van der Waals surface area contributed by atoms with Crippen LogP contribution in [-0.4, -0.2) is 39.8 Å². The number of hydrogen-bond donors (Lipinski definition) is 2. The van der Waals surface area contributed by atoms with E-state index in [0.29, 0.717) is 22.8 Å². The molecule has 0 bridgehead atoms. The molecule has 0 aliphatic carbocycles. The summed E-state index contributed by atoms with van der Waals surface area (Å²) in [6.07, 6.45) is 0. The first-order valence-electron chi connectivity index (χ1n) is 10.2. The number of amides is 1. The van der Waals surface area contributed by atoms with E-state index in [1.165, 1.54) is 0 Å². The third kappa shape index (κ3) is 5.07. The maximum atomic E-state index is 12.6. The van der Waals surface area contributed by atoms with E-state index in [0.717, 1.165) is 11.3 Å². The normalized spacial score (nSPS) is 11.4. The number of anilines is 2.